The van der Waals surface area contributed by atoms with Crippen molar-refractivity contribution in [2.45, 2.75) is 33.2 Å². The highest BCUT2D eigenvalue weighted by molar-refractivity contribution is 7.80. The highest BCUT2D eigenvalue weighted by atomic mass is 32.1. The van der Waals surface area contributed by atoms with E-state index in [9.17, 15) is 0 Å². The fraction of sp³-hybridized carbons (Fsp3) is 0.588. The number of thiocarbonyl (C=S) groups is 1. The molecule has 1 aromatic rings. The molecule has 0 aliphatic rings. The number of hydrogen-bond donors (Lipinski definition) is 2. The van der Waals surface area contributed by atoms with Crippen molar-refractivity contribution >= 4 is 28.7 Å². The molecule has 0 saturated heterocycles. The normalized spacial score (nSPS) is 10.9. The smallest absolute Gasteiger partial charge is 0.170 e. The molecule has 0 fully saturated rings. The number of rotatable bonds is 8. The molecule has 0 aliphatic heterocycles. The Hall–Kier alpha value is -1.33. The van der Waals surface area contributed by atoms with E-state index < -0.39 is 0 Å². The van der Waals surface area contributed by atoms with Gasteiger partial charge in [-0.15, -0.1) is 0 Å². The van der Waals surface area contributed by atoms with E-state index in [1.54, 1.807) is 0 Å². The zero-order valence-corrected chi connectivity index (χ0v) is 15.3. The Balaban J connectivity index is 2.45. The van der Waals surface area contributed by atoms with Gasteiger partial charge in [-0.3, -0.25) is 0 Å². The molecule has 22 heavy (non-hydrogen) atoms. The molecular formula is C17H30N4S. The Labute approximate surface area is 140 Å². The Morgan fingerprint density at radius 1 is 1.18 bits per heavy atom. The second kappa shape index (κ2) is 9.64. The number of hydrogen-bond acceptors (Lipinski definition) is 3. The van der Waals surface area contributed by atoms with Gasteiger partial charge in [-0.25, -0.2) is 0 Å². The van der Waals surface area contributed by atoms with Gasteiger partial charge in [0.1, 0.15) is 0 Å². The summed E-state index contributed by atoms with van der Waals surface area (Å²) in [6.07, 6.45) is 1.08. The lowest BCUT2D eigenvalue weighted by atomic mass is 10.2. The van der Waals surface area contributed by atoms with Crippen LogP contribution in [-0.2, 0) is 0 Å². The summed E-state index contributed by atoms with van der Waals surface area (Å²) in [5.41, 5.74) is 2.27. The second-order valence-corrected chi connectivity index (χ2v) is 6.37. The molecule has 0 aromatic heterocycles. The zero-order valence-electron chi connectivity index (χ0n) is 14.5. The summed E-state index contributed by atoms with van der Waals surface area (Å²) in [4.78, 5) is 4.53. The summed E-state index contributed by atoms with van der Waals surface area (Å²) >= 11 is 5.32. The molecule has 0 aliphatic carbocycles. The third-order valence-electron chi connectivity index (χ3n) is 3.49. The summed E-state index contributed by atoms with van der Waals surface area (Å²) in [6, 6.07) is 8.94. The van der Waals surface area contributed by atoms with Crippen LogP contribution in [0, 0.1) is 0 Å². The molecule has 0 spiro atoms. The first kappa shape index (κ1) is 18.7. The van der Waals surface area contributed by atoms with Crippen molar-refractivity contribution in [3.63, 3.8) is 0 Å². The second-order valence-electron chi connectivity index (χ2n) is 5.96. The van der Waals surface area contributed by atoms with Crippen LogP contribution in [0.25, 0.3) is 0 Å². The maximum atomic E-state index is 5.32. The van der Waals surface area contributed by atoms with Crippen LogP contribution in [0.1, 0.15) is 27.2 Å². The van der Waals surface area contributed by atoms with Crippen LogP contribution in [0.4, 0.5) is 11.4 Å². The maximum absolute atomic E-state index is 5.32. The van der Waals surface area contributed by atoms with Gasteiger partial charge in [0.25, 0.3) is 0 Å². The summed E-state index contributed by atoms with van der Waals surface area (Å²) in [5, 5.41) is 7.15. The van der Waals surface area contributed by atoms with Crippen LogP contribution in [0.5, 0.6) is 0 Å². The van der Waals surface area contributed by atoms with Crippen molar-refractivity contribution in [1.29, 1.82) is 0 Å². The van der Waals surface area contributed by atoms with Crippen molar-refractivity contribution in [2.75, 3.05) is 43.9 Å². The number of anilines is 2. The van der Waals surface area contributed by atoms with E-state index >= 15 is 0 Å². The fourth-order valence-electron chi connectivity index (χ4n) is 2.35. The van der Waals surface area contributed by atoms with Crippen LogP contribution in [0.2, 0.25) is 0 Å². The Bertz CT molecular complexity index is 442. The first-order chi connectivity index (χ1) is 10.4. The molecule has 1 aromatic carbocycles. The molecule has 0 amide bonds. The van der Waals surface area contributed by atoms with Gasteiger partial charge in [-0.1, -0.05) is 0 Å². The molecule has 5 heteroatoms. The lowest BCUT2D eigenvalue weighted by Gasteiger charge is -2.27. The van der Waals surface area contributed by atoms with Crippen LogP contribution in [0.3, 0.4) is 0 Å². The van der Waals surface area contributed by atoms with Crippen molar-refractivity contribution in [2.24, 2.45) is 0 Å². The summed E-state index contributed by atoms with van der Waals surface area (Å²) in [7, 11) is 4.16. The fourth-order valence-corrected chi connectivity index (χ4v) is 2.57. The third kappa shape index (κ3) is 6.62. The van der Waals surface area contributed by atoms with E-state index in [0.29, 0.717) is 11.2 Å². The average molecular weight is 323 g/mol. The summed E-state index contributed by atoms with van der Waals surface area (Å²) in [5.74, 6) is 0. The van der Waals surface area contributed by atoms with E-state index in [1.807, 2.05) is 0 Å². The molecular weight excluding hydrogens is 292 g/mol. The average Bonchev–Trinajstić information content (AvgIpc) is 2.45. The molecule has 1 rings (SSSR count). The summed E-state index contributed by atoms with van der Waals surface area (Å²) < 4.78 is 0. The van der Waals surface area contributed by atoms with E-state index in [0.717, 1.165) is 31.7 Å². The molecule has 0 bridgehead atoms. The first-order valence-electron chi connectivity index (χ1n) is 8.00. The highest BCUT2D eigenvalue weighted by Crippen LogP contribution is 2.19. The first-order valence-corrected chi connectivity index (χ1v) is 8.41. The molecule has 124 valence electrons. The summed E-state index contributed by atoms with van der Waals surface area (Å²) in [6.45, 7) is 9.56. The van der Waals surface area contributed by atoms with Gasteiger partial charge < -0.3 is 20.4 Å². The minimum Gasteiger partial charge on any atom is -0.369 e. The van der Waals surface area contributed by atoms with E-state index in [1.165, 1.54) is 5.69 Å². The van der Waals surface area contributed by atoms with Crippen LogP contribution >= 0.6 is 12.2 Å². The number of nitrogens with one attached hydrogen (secondary N) is 2. The quantitative estimate of drug-likeness (QED) is 0.567. The van der Waals surface area contributed by atoms with E-state index in [-0.39, 0.29) is 0 Å². The van der Waals surface area contributed by atoms with Crippen molar-refractivity contribution < 1.29 is 0 Å². The topological polar surface area (TPSA) is 30.5 Å². The molecule has 0 heterocycles. The lowest BCUT2D eigenvalue weighted by Crippen LogP contribution is -2.31. The lowest BCUT2D eigenvalue weighted by molar-refractivity contribution is 0.400. The minimum atomic E-state index is 0.503. The van der Waals surface area contributed by atoms with Crippen molar-refractivity contribution in [1.82, 2.24) is 10.2 Å². The number of nitrogens with zero attached hydrogens (tertiary/aromatic N) is 2. The zero-order chi connectivity index (χ0) is 16.5. The van der Waals surface area contributed by atoms with Crippen LogP contribution in [0.15, 0.2) is 24.3 Å². The van der Waals surface area contributed by atoms with Gasteiger partial charge in [0.15, 0.2) is 5.11 Å². The minimum absolute atomic E-state index is 0.503. The predicted molar refractivity (Wildman–Crippen MR) is 102 cm³/mol. The number of benzene rings is 1. The van der Waals surface area contributed by atoms with Gasteiger partial charge in [-0.05, 0) is 84.3 Å². The van der Waals surface area contributed by atoms with Crippen molar-refractivity contribution in [3.8, 4) is 0 Å². The van der Waals surface area contributed by atoms with Crippen molar-refractivity contribution in [3.05, 3.63) is 24.3 Å². The Morgan fingerprint density at radius 3 is 2.32 bits per heavy atom. The van der Waals surface area contributed by atoms with Gasteiger partial charge in [0, 0.05) is 30.5 Å². The Morgan fingerprint density at radius 2 is 1.82 bits per heavy atom. The van der Waals surface area contributed by atoms with Gasteiger partial charge in [0.2, 0.25) is 0 Å². The highest BCUT2D eigenvalue weighted by Gasteiger charge is 2.07. The molecule has 0 atom stereocenters. The van der Waals surface area contributed by atoms with Gasteiger partial charge in [0.05, 0.1) is 0 Å². The largest absolute Gasteiger partial charge is 0.369 e. The van der Waals surface area contributed by atoms with E-state index in [2.05, 4.69) is 79.6 Å². The van der Waals surface area contributed by atoms with Gasteiger partial charge in [-0.2, -0.15) is 0 Å². The maximum Gasteiger partial charge on any atom is 0.170 e. The molecule has 0 unspecified atom stereocenters. The monoisotopic (exact) mass is 322 g/mol. The molecule has 0 radical (unpaired) electrons. The third-order valence-corrected chi connectivity index (χ3v) is 3.73. The standard InChI is InChI=1S/C17H30N4S/c1-6-21(14(2)3)16-10-8-15(9-11-16)19-17(22)18-12-7-13-20(4)5/h8-11,14H,6-7,12-13H2,1-5H3,(H2,18,19,22). The van der Waals surface area contributed by atoms with E-state index in [4.69, 9.17) is 12.2 Å². The van der Waals surface area contributed by atoms with Crippen LogP contribution in [-0.4, -0.2) is 49.8 Å². The van der Waals surface area contributed by atoms with Gasteiger partial charge >= 0.3 is 0 Å². The van der Waals surface area contributed by atoms with Crippen LogP contribution < -0.4 is 15.5 Å². The molecule has 0 saturated carbocycles. The SMILES string of the molecule is CCN(c1ccc(NC(=S)NCCCN(C)C)cc1)C(C)C. The molecule has 2 N–H and O–H groups in total. The predicted octanol–water partition coefficient (Wildman–Crippen LogP) is 3.16. The molecule has 4 nitrogen and oxygen atoms in total. The Kier molecular flexibility index (Phi) is 8.20.